The Morgan fingerprint density at radius 1 is 1.16 bits per heavy atom. The van der Waals surface area contributed by atoms with Crippen molar-refractivity contribution < 1.29 is 19.1 Å². The highest BCUT2D eigenvalue weighted by Gasteiger charge is 2.38. The Morgan fingerprint density at radius 3 is 2.61 bits per heavy atom. The molecule has 1 aromatic carbocycles. The minimum absolute atomic E-state index is 0.0166. The number of ether oxygens (including phenoxy) is 2. The Labute approximate surface area is 183 Å². The molecule has 7 heteroatoms. The molecule has 31 heavy (non-hydrogen) atoms. The molecule has 1 aliphatic heterocycles. The van der Waals surface area contributed by atoms with Crippen LogP contribution in [0.1, 0.15) is 60.4 Å². The van der Waals surface area contributed by atoms with Crippen LogP contribution in [0.15, 0.2) is 18.2 Å². The second kappa shape index (κ2) is 8.36. The van der Waals surface area contributed by atoms with E-state index in [1.165, 1.54) is 0 Å². The summed E-state index contributed by atoms with van der Waals surface area (Å²) in [4.78, 5) is 28.8. The van der Waals surface area contributed by atoms with Crippen molar-refractivity contribution in [3.63, 3.8) is 0 Å². The van der Waals surface area contributed by atoms with E-state index in [1.807, 2.05) is 25.1 Å². The molecular weight excluding hydrogens is 394 g/mol. The van der Waals surface area contributed by atoms with Crippen LogP contribution in [0, 0.1) is 25.7 Å². The van der Waals surface area contributed by atoms with E-state index in [0.717, 1.165) is 24.8 Å². The van der Waals surface area contributed by atoms with E-state index in [2.05, 4.69) is 18.9 Å². The van der Waals surface area contributed by atoms with Crippen LogP contribution >= 0.6 is 0 Å². The molecule has 1 aliphatic carbocycles. The van der Waals surface area contributed by atoms with Crippen molar-refractivity contribution in [2.24, 2.45) is 18.9 Å². The zero-order chi connectivity index (χ0) is 22.3. The number of rotatable bonds is 5. The molecule has 0 saturated heterocycles. The second-order valence-electron chi connectivity index (χ2n) is 8.95. The largest absolute Gasteiger partial charge is 0.454 e. The molecule has 0 N–H and O–H groups in total. The molecule has 2 aliphatic rings. The molecule has 1 fully saturated rings. The summed E-state index contributed by atoms with van der Waals surface area (Å²) < 4.78 is 12.6. The Kier molecular flexibility index (Phi) is 5.77. The van der Waals surface area contributed by atoms with Crippen molar-refractivity contribution in [1.82, 2.24) is 14.7 Å². The fourth-order valence-electron chi connectivity index (χ4n) is 4.91. The molecule has 0 spiro atoms. The van der Waals surface area contributed by atoms with E-state index >= 15 is 0 Å². The summed E-state index contributed by atoms with van der Waals surface area (Å²) in [6, 6.07) is 5.73. The summed E-state index contributed by atoms with van der Waals surface area (Å²) >= 11 is 0. The Bertz CT molecular complexity index is 1010. The number of hydrogen-bond acceptors (Lipinski definition) is 5. The van der Waals surface area contributed by atoms with E-state index in [1.54, 1.807) is 23.6 Å². The summed E-state index contributed by atoms with van der Waals surface area (Å²) in [6.07, 6.45) is 3.11. The molecule has 0 bridgehead atoms. The van der Waals surface area contributed by atoms with Gasteiger partial charge in [-0.2, -0.15) is 5.10 Å². The van der Waals surface area contributed by atoms with Gasteiger partial charge in [0.05, 0.1) is 11.3 Å². The van der Waals surface area contributed by atoms with Crippen LogP contribution in [0.5, 0.6) is 11.5 Å². The molecule has 1 aromatic heterocycles. The van der Waals surface area contributed by atoms with Crippen LogP contribution in [-0.4, -0.2) is 39.2 Å². The molecule has 4 rings (SSSR count). The molecular formula is C24H31N3O4. The van der Waals surface area contributed by atoms with Crippen molar-refractivity contribution in [3.05, 3.63) is 40.7 Å². The van der Waals surface area contributed by atoms with Gasteiger partial charge in [0.2, 0.25) is 6.79 Å². The van der Waals surface area contributed by atoms with Gasteiger partial charge in [0.25, 0.3) is 11.7 Å². The van der Waals surface area contributed by atoms with Gasteiger partial charge >= 0.3 is 0 Å². The summed E-state index contributed by atoms with van der Waals surface area (Å²) in [7, 11) is 1.79. The predicted octanol–water partition coefficient (Wildman–Crippen LogP) is 3.80. The van der Waals surface area contributed by atoms with E-state index in [0.29, 0.717) is 46.8 Å². The lowest BCUT2D eigenvalue weighted by Gasteiger charge is -2.41. The van der Waals surface area contributed by atoms with Crippen LogP contribution in [0.25, 0.3) is 0 Å². The maximum absolute atomic E-state index is 13.6. The van der Waals surface area contributed by atoms with Gasteiger partial charge < -0.3 is 14.4 Å². The average molecular weight is 426 g/mol. The minimum atomic E-state index is -0.478. The molecule has 2 aromatic rings. The topological polar surface area (TPSA) is 73.7 Å². The number of amides is 1. The van der Waals surface area contributed by atoms with Gasteiger partial charge in [0.1, 0.15) is 0 Å². The zero-order valence-electron chi connectivity index (χ0n) is 19.0. The quantitative estimate of drug-likeness (QED) is 0.538. The first-order valence-electron chi connectivity index (χ1n) is 11.0. The molecule has 7 nitrogen and oxygen atoms in total. The maximum atomic E-state index is 13.6. The van der Waals surface area contributed by atoms with E-state index in [4.69, 9.17) is 9.47 Å². The SMILES string of the molecule is Cc1nn(C)c(C)c1C(=O)C(=O)N(Cc1ccc2c(c1)OCO2)[C@@H]1CCC[C@@H](C)[C@H]1C. The third-order valence-electron chi connectivity index (χ3n) is 7.05. The van der Waals surface area contributed by atoms with Gasteiger partial charge in [0.15, 0.2) is 11.5 Å². The predicted molar refractivity (Wildman–Crippen MR) is 116 cm³/mol. The standard InChI is InChI=1S/C24H31N3O4/c1-14-7-6-8-19(15(14)2)27(12-18-9-10-20-21(11-18)31-13-30-20)24(29)23(28)22-16(3)25-26(5)17(22)4/h9-11,14-15,19H,6-8,12-13H2,1-5H3/t14-,15-,19-/m1/s1. The Morgan fingerprint density at radius 2 is 1.90 bits per heavy atom. The number of benzene rings is 1. The van der Waals surface area contributed by atoms with E-state index in [9.17, 15) is 9.59 Å². The third kappa shape index (κ3) is 3.93. The molecule has 3 atom stereocenters. The summed E-state index contributed by atoms with van der Waals surface area (Å²) in [5.41, 5.74) is 2.64. The number of aryl methyl sites for hydroxylation is 2. The highest BCUT2D eigenvalue weighted by atomic mass is 16.7. The molecule has 0 unspecified atom stereocenters. The second-order valence-corrected chi connectivity index (χ2v) is 8.95. The highest BCUT2D eigenvalue weighted by molar-refractivity contribution is 6.43. The van der Waals surface area contributed by atoms with Gasteiger partial charge in [0, 0.05) is 25.3 Å². The van der Waals surface area contributed by atoms with Crippen molar-refractivity contribution in [2.75, 3.05) is 6.79 Å². The molecule has 2 heterocycles. The van der Waals surface area contributed by atoms with Gasteiger partial charge in [-0.3, -0.25) is 14.3 Å². The summed E-state index contributed by atoms with van der Waals surface area (Å²) in [6.45, 7) is 8.60. The van der Waals surface area contributed by atoms with Gasteiger partial charge in [-0.15, -0.1) is 0 Å². The number of ketones is 1. The van der Waals surface area contributed by atoms with E-state index in [-0.39, 0.29) is 12.8 Å². The number of nitrogens with zero attached hydrogens (tertiary/aromatic N) is 3. The van der Waals surface area contributed by atoms with Crippen molar-refractivity contribution >= 4 is 11.7 Å². The van der Waals surface area contributed by atoms with Crippen molar-refractivity contribution in [2.45, 2.75) is 59.5 Å². The van der Waals surface area contributed by atoms with Crippen molar-refractivity contribution in [1.29, 1.82) is 0 Å². The zero-order valence-corrected chi connectivity index (χ0v) is 19.0. The maximum Gasteiger partial charge on any atom is 0.295 e. The van der Waals surface area contributed by atoms with Crippen LogP contribution in [-0.2, 0) is 18.4 Å². The lowest BCUT2D eigenvalue weighted by atomic mass is 9.77. The summed E-state index contributed by atoms with van der Waals surface area (Å²) in [5, 5.41) is 4.33. The third-order valence-corrected chi connectivity index (χ3v) is 7.05. The lowest BCUT2D eigenvalue weighted by molar-refractivity contribution is -0.131. The molecule has 1 saturated carbocycles. The summed E-state index contributed by atoms with van der Waals surface area (Å²) in [5.74, 6) is 1.27. The number of hydrogen-bond donors (Lipinski definition) is 0. The number of carbonyl (C=O) groups is 2. The molecule has 166 valence electrons. The van der Waals surface area contributed by atoms with Gasteiger partial charge in [-0.25, -0.2) is 0 Å². The Balaban J connectivity index is 1.67. The van der Waals surface area contributed by atoms with Gasteiger partial charge in [-0.1, -0.05) is 32.8 Å². The monoisotopic (exact) mass is 425 g/mol. The fraction of sp³-hybridized carbons (Fsp3) is 0.542. The number of fused-ring (bicyclic) bond motifs is 1. The van der Waals surface area contributed by atoms with Crippen LogP contribution in [0.4, 0.5) is 0 Å². The molecule has 1 amide bonds. The van der Waals surface area contributed by atoms with Gasteiger partial charge in [-0.05, 0) is 49.8 Å². The lowest BCUT2D eigenvalue weighted by Crippen LogP contribution is -2.49. The first kappa shape index (κ1) is 21.4. The normalized spacial score (nSPS) is 22.4. The van der Waals surface area contributed by atoms with Crippen LogP contribution in [0.2, 0.25) is 0 Å². The smallest absolute Gasteiger partial charge is 0.295 e. The first-order valence-corrected chi connectivity index (χ1v) is 11.0. The van der Waals surface area contributed by atoms with Crippen LogP contribution in [0.3, 0.4) is 0 Å². The van der Waals surface area contributed by atoms with Crippen molar-refractivity contribution in [3.8, 4) is 11.5 Å². The Hall–Kier alpha value is -2.83. The van der Waals surface area contributed by atoms with Crippen LogP contribution < -0.4 is 9.47 Å². The highest BCUT2D eigenvalue weighted by Crippen LogP contribution is 2.36. The first-order chi connectivity index (χ1) is 14.8. The van der Waals surface area contributed by atoms with E-state index < -0.39 is 11.7 Å². The number of aromatic nitrogens is 2. The number of Topliss-reactive ketones (excluding diaryl/α,β-unsaturated/α-hetero) is 1. The number of carbonyl (C=O) groups excluding carboxylic acids is 2. The minimum Gasteiger partial charge on any atom is -0.454 e. The molecule has 0 radical (unpaired) electrons. The fourth-order valence-corrected chi connectivity index (χ4v) is 4.91. The average Bonchev–Trinajstić information content (AvgIpc) is 3.31.